The monoisotopic (exact) mass is 191 g/mol. The molecule has 13 heavy (non-hydrogen) atoms. The molecule has 3 unspecified atom stereocenters. The summed E-state index contributed by atoms with van der Waals surface area (Å²) in [6.07, 6.45) is -0.481. The Kier molecular flexibility index (Phi) is 4.61. The first-order chi connectivity index (χ1) is 6.27. The van der Waals surface area contributed by atoms with Crippen molar-refractivity contribution in [1.82, 2.24) is 5.32 Å². The van der Waals surface area contributed by atoms with E-state index in [1.54, 1.807) is 7.11 Å². The lowest BCUT2D eigenvalue weighted by atomic mass is 10.2. The van der Waals surface area contributed by atoms with Crippen molar-refractivity contribution in [3.8, 4) is 0 Å². The lowest BCUT2D eigenvalue weighted by molar-refractivity contribution is 0.0986. The molecule has 5 heteroatoms. The number of methoxy groups -OCH3 is 1. The van der Waals surface area contributed by atoms with Gasteiger partial charge in [-0.1, -0.05) is 0 Å². The third-order valence-corrected chi connectivity index (χ3v) is 2.09. The number of rotatable bonds is 5. The Labute approximate surface area is 77.7 Å². The molecule has 1 rings (SSSR count). The predicted molar refractivity (Wildman–Crippen MR) is 46.5 cm³/mol. The van der Waals surface area contributed by atoms with E-state index in [-0.39, 0.29) is 18.7 Å². The van der Waals surface area contributed by atoms with Crippen molar-refractivity contribution >= 4 is 0 Å². The van der Waals surface area contributed by atoms with Gasteiger partial charge in [-0.3, -0.25) is 0 Å². The molecule has 0 aromatic heterocycles. The van der Waals surface area contributed by atoms with Crippen molar-refractivity contribution in [2.45, 2.75) is 18.2 Å². The highest BCUT2D eigenvalue weighted by Gasteiger charge is 2.27. The van der Waals surface area contributed by atoms with E-state index in [0.717, 1.165) is 0 Å². The maximum absolute atomic E-state index is 9.39. The van der Waals surface area contributed by atoms with Gasteiger partial charge in [-0.15, -0.1) is 0 Å². The summed E-state index contributed by atoms with van der Waals surface area (Å²) in [7, 11) is 1.58. The fraction of sp³-hybridized carbons (Fsp3) is 1.00. The summed E-state index contributed by atoms with van der Waals surface area (Å²) in [6.45, 7) is 1.28. The number of nitrogens with one attached hydrogen (secondary N) is 1. The molecule has 5 nitrogen and oxygen atoms in total. The molecule has 0 bridgehead atoms. The fourth-order valence-electron chi connectivity index (χ4n) is 1.36. The second-order valence-corrected chi connectivity index (χ2v) is 3.21. The normalized spacial score (nSPS) is 30.7. The maximum atomic E-state index is 9.39. The van der Waals surface area contributed by atoms with E-state index in [9.17, 15) is 5.11 Å². The van der Waals surface area contributed by atoms with Crippen LogP contribution in [0.15, 0.2) is 0 Å². The maximum Gasteiger partial charge on any atom is 0.0948 e. The highest BCUT2D eigenvalue weighted by Crippen LogP contribution is 2.05. The molecule has 1 fully saturated rings. The Balaban J connectivity index is 2.27. The quantitative estimate of drug-likeness (QED) is 0.485. The minimum absolute atomic E-state index is 0.00292. The van der Waals surface area contributed by atoms with Crippen LogP contribution in [0.3, 0.4) is 0 Å². The minimum atomic E-state index is -0.481. The van der Waals surface area contributed by atoms with E-state index in [1.807, 2.05) is 0 Å². The predicted octanol–water partition coefficient (Wildman–Crippen LogP) is -1.66. The van der Waals surface area contributed by atoms with Gasteiger partial charge in [0.05, 0.1) is 44.6 Å². The first kappa shape index (κ1) is 10.9. The molecule has 1 aliphatic heterocycles. The molecule has 0 amide bonds. The molecular weight excluding hydrogens is 174 g/mol. The van der Waals surface area contributed by atoms with Crippen LogP contribution in [0.25, 0.3) is 0 Å². The van der Waals surface area contributed by atoms with Crippen molar-refractivity contribution in [1.29, 1.82) is 0 Å². The number of ether oxygens (including phenoxy) is 2. The molecule has 1 saturated heterocycles. The molecule has 3 atom stereocenters. The summed E-state index contributed by atoms with van der Waals surface area (Å²) < 4.78 is 9.95. The van der Waals surface area contributed by atoms with Crippen LogP contribution >= 0.6 is 0 Å². The minimum Gasteiger partial charge on any atom is -0.395 e. The van der Waals surface area contributed by atoms with Gasteiger partial charge >= 0.3 is 0 Å². The molecule has 1 heterocycles. The standard InChI is InChI=1S/C8H17NO4/c1-12-3-6(2-10)9-7-4-13-5-8(7)11/h6-11H,2-5H2,1H3. The Hall–Kier alpha value is -0.200. The van der Waals surface area contributed by atoms with Crippen LogP contribution < -0.4 is 5.32 Å². The summed E-state index contributed by atoms with van der Waals surface area (Å²) in [5.74, 6) is 0. The van der Waals surface area contributed by atoms with E-state index in [0.29, 0.717) is 19.8 Å². The van der Waals surface area contributed by atoms with Gasteiger partial charge < -0.3 is 25.0 Å². The molecule has 3 N–H and O–H groups in total. The SMILES string of the molecule is COCC(CO)NC1COCC1O. The first-order valence-electron chi connectivity index (χ1n) is 4.39. The van der Waals surface area contributed by atoms with E-state index in [4.69, 9.17) is 14.6 Å². The Morgan fingerprint density at radius 1 is 1.62 bits per heavy atom. The van der Waals surface area contributed by atoms with Gasteiger partial charge in [-0.2, -0.15) is 0 Å². The lowest BCUT2D eigenvalue weighted by Crippen LogP contribution is -2.48. The van der Waals surface area contributed by atoms with Crippen LogP contribution in [-0.2, 0) is 9.47 Å². The van der Waals surface area contributed by atoms with Gasteiger partial charge in [0.1, 0.15) is 0 Å². The van der Waals surface area contributed by atoms with Gasteiger partial charge in [0, 0.05) is 7.11 Å². The molecule has 0 radical (unpaired) electrons. The average molecular weight is 191 g/mol. The van der Waals surface area contributed by atoms with Gasteiger partial charge in [0.15, 0.2) is 0 Å². The third kappa shape index (κ3) is 3.21. The molecule has 0 aromatic carbocycles. The average Bonchev–Trinajstić information content (AvgIpc) is 2.51. The van der Waals surface area contributed by atoms with Crippen LogP contribution in [-0.4, -0.2) is 61.9 Å². The van der Waals surface area contributed by atoms with Gasteiger partial charge in [-0.05, 0) is 0 Å². The highest BCUT2D eigenvalue weighted by molar-refractivity contribution is 4.83. The Morgan fingerprint density at radius 3 is 2.85 bits per heavy atom. The second kappa shape index (κ2) is 5.51. The van der Waals surface area contributed by atoms with Gasteiger partial charge in [0.2, 0.25) is 0 Å². The van der Waals surface area contributed by atoms with E-state index >= 15 is 0 Å². The van der Waals surface area contributed by atoms with Gasteiger partial charge in [0.25, 0.3) is 0 Å². The van der Waals surface area contributed by atoms with Crippen molar-refractivity contribution in [3.63, 3.8) is 0 Å². The van der Waals surface area contributed by atoms with E-state index < -0.39 is 6.10 Å². The topological polar surface area (TPSA) is 71.0 Å². The highest BCUT2D eigenvalue weighted by atomic mass is 16.5. The number of aliphatic hydroxyl groups is 2. The van der Waals surface area contributed by atoms with E-state index in [1.165, 1.54) is 0 Å². The van der Waals surface area contributed by atoms with Crippen LogP contribution in [0.1, 0.15) is 0 Å². The molecular formula is C8H17NO4. The van der Waals surface area contributed by atoms with Crippen molar-refractivity contribution in [2.75, 3.05) is 33.5 Å². The van der Waals surface area contributed by atoms with E-state index in [2.05, 4.69) is 5.32 Å². The Bertz CT molecular complexity index is 144. The summed E-state index contributed by atoms with van der Waals surface area (Å²) >= 11 is 0. The van der Waals surface area contributed by atoms with Gasteiger partial charge in [-0.25, -0.2) is 0 Å². The number of aliphatic hydroxyl groups excluding tert-OH is 2. The summed E-state index contributed by atoms with van der Waals surface area (Å²) in [5.41, 5.74) is 0. The molecule has 78 valence electrons. The number of hydrogen-bond acceptors (Lipinski definition) is 5. The van der Waals surface area contributed by atoms with Crippen LogP contribution in [0.4, 0.5) is 0 Å². The van der Waals surface area contributed by atoms with Crippen LogP contribution in [0, 0.1) is 0 Å². The van der Waals surface area contributed by atoms with Crippen molar-refractivity contribution < 1.29 is 19.7 Å². The first-order valence-corrected chi connectivity index (χ1v) is 4.39. The smallest absolute Gasteiger partial charge is 0.0948 e. The second-order valence-electron chi connectivity index (χ2n) is 3.21. The molecule has 0 spiro atoms. The third-order valence-electron chi connectivity index (χ3n) is 2.09. The number of hydrogen-bond donors (Lipinski definition) is 3. The molecule has 1 aliphatic rings. The Morgan fingerprint density at radius 2 is 2.38 bits per heavy atom. The summed E-state index contributed by atoms with van der Waals surface area (Å²) in [5, 5.41) is 21.4. The van der Waals surface area contributed by atoms with Crippen molar-refractivity contribution in [3.05, 3.63) is 0 Å². The largest absolute Gasteiger partial charge is 0.395 e. The molecule has 0 saturated carbocycles. The molecule has 0 aliphatic carbocycles. The summed E-state index contributed by atoms with van der Waals surface area (Å²) in [6, 6.07) is -0.223. The van der Waals surface area contributed by atoms with Crippen LogP contribution in [0.5, 0.6) is 0 Å². The zero-order valence-electron chi connectivity index (χ0n) is 7.77. The molecule has 0 aromatic rings. The zero-order chi connectivity index (χ0) is 9.68. The van der Waals surface area contributed by atoms with Crippen LogP contribution in [0.2, 0.25) is 0 Å². The lowest BCUT2D eigenvalue weighted by Gasteiger charge is -2.21. The fourth-order valence-corrected chi connectivity index (χ4v) is 1.36. The zero-order valence-corrected chi connectivity index (χ0v) is 7.77. The van der Waals surface area contributed by atoms with Crippen molar-refractivity contribution in [2.24, 2.45) is 0 Å². The summed E-state index contributed by atoms with van der Waals surface area (Å²) in [4.78, 5) is 0.